The van der Waals surface area contributed by atoms with E-state index in [2.05, 4.69) is 10.0 Å². The summed E-state index contributed by atoms with van der Waals surface area (Å²) in [4.78, 5) is 24.1. The number of hydrogen-bond donors (Lipinski definition) is 3. The van der Waals surface area contributed by atoms with Crippen molar-refractivity contribution < 1.29 is 31.2 Å². The van der Waals surface area contributed by atoms with Crippen LogP contribution in [0.1, 0.15) is 10.4 Å². The van der Waals surface area contributed by atoms with Crippen LogP contribution in [0.2, 0.25) is 5.02 Å². The van der Waals surface area contributed by atoms with Crippen LogP contribution >= 0.6 is 11.6 Å². The van der Waals surface area contributed by atoms with Crippen LogP contribution in [-0.2, 0) is 14.8 Å². The second-order valence-corrected chi connectivity index (χ2v) is 8.72. The Morgan fingerprint density at radius 1 is 0.909 bits per heavy atom. The third-order valence-electron chi connectivity index (χ3n) is 4.20. The molecule has 7 nitrogen and oxygen atoms in total. The van der Waals surface area contributed by atoms with E-state index in [1.54, 1.807) is 12.1 Å². The molecule has 0 atom stereocenters. The zero-order valence-electron chi connectivity index (χ0n) is 16.5. The summed E-state index contributed by atoms with van der Waals surface area (Å²) in [5.41, 5.74) is -0.456. The van der Waals surface area contributed by atoms with Gasteiger partial charge in [-0.2, -0.15) is 0 Å². The molecule has 0 unspecified atom stereocenters. The summed E-state index contributed by atoms with van der Waals surface area (Å²) in [6, 6.07) is 12.5. The maximum atomic E-state index is 13.6. The van der Waals surface area contributed by atoms with Crippen LogP contribution in [0.4, 0.5) is 24.5 Å². The number of carbonyl (C=O) groups is 2. The molecule has 0 saturated heterocycles. The summed E-state index contributed by atoms with van der Waals surface area (Å²) in [5, 5.41) is 4.55. The van der Waals surface area contributed by atoms with Crippen molar-refractivity contribution in [2.75, 3.05) is 16.6 Å². The predicted octanol–water partition coefficient (Wildman–Crippen LogP) is 3.93. The van der Waals surface area contributed by atoms with Gasteiger partial charge in [0.1, 0.15) is 0 Å². The lowest BCUT2D eigenvalue weighted by Crippen LogP contribution is -2.33. The first-order valence-corrected chi connectivity index (χ1v) is 11.0. The van der Waals surface area contributed by atoms with Crippen LogP contribution in [0.25, 0.3) is 0 Å². The predicted molar refractivity (Wildman–Crippen MR) is 116 cm³/mol. The summed E-state index contributed by atoms with van der Waals surface area (Å²) in [6.45, 7) is -0.644. The number of sulfonamides is 1. The second kappa shape index (κ2) is 9.92. The van der Waals surface area contributed by atoms with Gasteiger partial charge >= 0.3 is 0 Å². The molecule has 3 aromatic rings. The highest BCUT2D eigenvalue weighted by atomic mass is 35.5. The molecule has 0 heterocycles. The Hall–Kier alpha value is -3.57. The van der Waals surface area contributed by atoms with Gasteiger partial charge in [-0.05, 0) is 48.5 Å². The van der Waals surface area contributed by atoms with Crippen LogP contribution in [0.3, 0.4) is 0 Å². The number of amides is 2. The summed E-state index contributed by atoms with van der Waals surface area (Å²) < 4.78 is 67.4. The Kier molecular flexibility index (Phi) is 7.24. The number of carbonyl (C=O) groups excluding carboxylic acids is 2. The molecule has 3 N–H and O–H groups in total. The molecule has 0 radical (unpaired) electrons. The number of halogens is 4. The zero-order valence-corrected chi connectivity index (χ0v) is 18.1. The van der Waals surface area contributed by atoms with Gasteiger partial charge in [0, 0.05) is 10.6 Å². The van der Waals surface area contributed by atoms with Crippen molar-refractivity contribution in [1.82, 2.24) is 5.32 Å². The lowest BCUT2D eigenvalue weighted by molar-refractivity contribution is -0.115. The van der Waals surface area contributed by atoms with Gasteiger partial charge in [-0.3, -0.25) is 14.3 Å². The molecule has 0 bridgehead atoms. The van der Waals surface area contributed by atoms with E-state index >= 15 is 0 Å². The number of benzene rings is 3. The highest BCUT2D eigenvalue weighted by Gasteiger charge is 2.18. The minimum absolute atomic E-state index is 0.0734. The molecule has 3 aromatic carbocycles. The van der Waals surface area contributed by atoms with Gasteiger partial charge in [0.15, 0.2) is 17.5 Å². The first-order valence-electron chi connectivity index (χ1n) is 9.17. The summed E-state index contributed by atoms with van der Waals surface area (Å²) in [7, 11) is -4.05. The average Bonchev–Trinajstić information content (AvgIpc) is 2.77. The summed E-state index contributed by atoms with van der Waals surface area (Å²) >= 11 is 5.84. The molecule has 2 amide bonds. The van der Waals surface area contributed by atoms with E-state index < -0.39 is 51.5 Å². The van der Waals surface area contributed by atoms with Crippen LogP contribution in [0.15, 0.2) is 65.6 Å². The van der Waals surface area contributed by atoms with Gasteiger partial charge in [-0.25, -0.2) is 21.6 Å². The van der Waals surface area contributed by atoms with E-state index in [0.717, 1.165) is 12.1 Å². The van der Waals surface area contributed by atoms with Gasteiger partial charge in [0.2, 0.25) is 5.91 Å². The third kappa shape index (κ3) is 6.02. The van der Waals surface area contributed by atoms with Crippen molar-refractivity contribution in [3.63, 3.8) is 0 Å². The van der Waals surface area contributed by atoms with Gasteiger partial charge in [0.05, 0.1) is 22.8 Å². The number of nitrogens with one attached hydrogen (secondary N) is 3. The molecule has 0 aliphatic carbocycles. The number of anilines is 2. The Labute approximate surface area is 191 Å². The van der Waals surface area contributed by atoms with Crippen LogP contribution in [0.5, 0.6) is 0 Å². The maximum absolute atomic E-state index is 13.6. The van der Waals surface area contributed by atoms with E-state index in [1.165, 1.54) is 30.3 Å². The van der Waals surface area contributed by atoms with Crippen molar-refractivity contribution in [3.8, 4) is 0 Å². The summed E-state index contributed by atoms with van der Waals surface area (Å²) in [5.74, 6) is -6.46. The first-order chi connectivity index (χ1) is 15.6. The monoisotopic (exact) mass is 497 g/mol. The highest BCUT2D eigenvalue weighted by molar-refractivity contribution is 7.92. The fraction of sp³-hybridized carbons (Fsp3) is 0.0476. The first kappa shape index (κ1) is 24.1. The molecule has 172 valence electrons. The highest BCUT2D eigenvalue weighted by Crippen LogP contribution is 2.21. The molecule has 0 saturated carbocycles. The van der Waals surface area contributed by atoms with E-state index in [0.29, 0.717) is 11.1 Å². The standard InChI is InChI=1S/C21H15ClF3N3O4S/c22-13-4-2-5-14(10-13)28-33(31,32)15-6-1-3-12(9-15)21(30)26-11-18(29)27-17-8-7-16(23)19(24)20(17)25/h1-10,28H,11H2,(H,26,30)(H,27,29). The van der Waals surface area contributed by atoms with Crippen molar-refractivity contribution in [3.05, 3.63) is 88.7 Å². The topological polar surface area (TPSA) is 104 Å². The number of rotatable bonds is 7. The molecule has 3 rings (SSSR count). The minimum atomic E-state index is -4.05. The quantitative estimate of drug-likeness (QED) is 0.430. The lowest BCUT2D eigenvalue weighted by atomic mass is 10.2. The van der Waals surface area contributed by atoms with Gasteiger partial charge in [-0.15, -0.1) is 0 Å². The largest absolute Gasteiger partial charge is 0.343 e. The maximum Gasteiger partial charge on any atom is 0.261 e. The van der Waals surface area contributed by atoms with E-state index in [-0.39, 0.29) is 16.1 Å². The van der Waals surface area contributed by atoms with Crippen molar-refractivity contribution >= 4 is 44.8 Å². The van der Waals surface area contributed by atoms with E-state index in [1.807, 2.05) is 5.32 Å². The average molecular weight is 498 g/mol. The summed E-state index contributed by atoms with van der Waals surface area (Å²) in [6.07, 6.45) is 0. The molecule has 33 heavy (non-hydrogen) atoms. The third-order valence-corrected chi connectivity index (χ3v) is 5.82. The molecule has 0 fully saturated rings. The van der Waals surface area contributed by atoms with E-state index in [4.69, 9.17) is 11.6 Å². The molecule has 0 spiro atoms. The molecular weight excluding hydrogens is 483 g/mol. The zero-order chi connectivity index (χ0) is 24.2. The SMILES string of the molecule is O=C(CNC(=O)c1cccc(S(=O)(=O)Nc2cccc(Cl)c2)c1)Nc1ccc(F)c(F)c1F. The molecule has 12 heteroatoms. The van der Waals surface area contributed by atoms with Crippen molar-refractivity contribution in [2.24, 2.45) is 0 Å². The van der Waals surface area contributed by atoms with Gasteiger partial charge in [-0.1, -0.05) is 23.7 Å². The van der Waals surface area contributed by atoms with Crippen molar-refractivity contribution in [2.45, 2.75) is 4.90 Å². The molecule has 0 aliphatic heterocycles. The van der Waals surface area contributed by atoms with Crippen molar-refractivity contribution in [1.29, 1.82) is 0 Å². The molecule has 0 aromatic heterocycles. The van der Waals surface area contributed by atoms with Gasteiger partial charge < -0.3 is 10.6 Å². The van der Waals surface area contributed by atoms with E-state index in [9.17, 15) is 31.2 Å². The normalized spacial score (nSPS) is 11.0. The van der Waals surface area contributed by atoms with Crippen LogP contribution < -0.4 is 15.4 Å². The van der Waals surface area contributed by atoms with Crippen LogP contribution in [-0.4, -0.2) is 26.8 Å². The molecule has 0 aliphatic rings. The minimum Gasteiger partial charge on any atom is -0.343 e. The Morgan fingerprint density at radius 3 is 2.36 bits per heavy atom. The van der Waals surface area contributed by atoms with Crippen LogP contribution in [0, 0.1) is 17.5 Å². The molecular formula is C21H15ClF3N3O4S. The fourth-order valence-corrected chi connectivity index (χ4v) is 3.94. The number of hydrogen-bond acceptors (Lipinski definition) is 4. The van der Waals surface area contributed by atoms with Gasteiger partial charge in [0.25, 0.3) is 15.9 Å². The second-order valence-electron chi connectivity index (χ2n) is 6.60. The Morgan fingerprint density at radius 2 is 1.64 bits per heavy atom. The lowest BCUT2D eigenvalue weighted by Gasteiger charge is -2.11. The Balaban J connectivity index is 1.66. The Bertz CT molecular complexity index is 1340. The smallest absolute Gasteiger partial charge is 0.261 e. The fourth-order valence-electron chi connectivity index (χ4n) is 2.65.